The van der Waals surface area contributed by atoms with Gasteiger partial charge in [-0.05, 0) is 30.9 Å². The highest BCUT2D eigenvalue weighted by Crippen LogP contribution is 2.33. The molecule has 0 bridgehead atoms. The summed E-state index contributed by atoms with van der Waals surface area (Å²) in [7, 11) is 0. The lowest BCUT2D eigenvalue weighted by Crippen LogP contribution is -2.12. The molecule has 0 saturated heterocycles. The lowest BCUT2D eigenvalue weighted by molar-refractivity contribution is 0.508. The summed E-state index contributed by atoms with van der Waals surface area (Å²) in [4.78, 5) is 0. The van der Waals surface area contributed by atoms with Crippen molar-refractivity contribution in [3.8, 4) is 0 Å². The lowest BCUT2D eigenvalue weighted by atomic mass is 9.95. The normalized spacial score (nSPS) is 13.0. The Bertz CT molecular complexity index is 556. The van der Waals surface area contributed by atoms with Gasteiger partial charge in [0.25, 0.3) is 0 Å². The lowest BCUT2D eigenvalue weighted by Gasteiger charge is -2.09. The highest BCUT2D eigenvalue weighted by molar-refractivity contribution is 5.85. The molecule has 0 radical (unpaired) electrons. The van der Waals surface area contributed by atoms with Gasteiger partial charge >= 0.3 is 0 Å². The first-order valence-corrected chi connectivity index (χ1v) is 7.96. The summed E-state index contributed by atoms with van der Waals surface area (Å²) in [5.74, 6) is 1.67. The van der Waals surface area contributed by atoms with Gasteiger partial charge in [0.1, 0.15) is 11.3 Å². The molecule has 0 aliphatic rings. The number of hydrogen-bond acceptors (Lipinski definition) is 2. The van der Waals surface area contributed by atoms with E-state index in [4.69, 9.17) is 4.42 Å². The zero-order valence-corrected chi connectivity index (χ0v) is 13.3. The fourth-order valence-corrected chi connectivity index (χ4v) is 2.75. The van der Waals surface area contributed by atoms with Gasteiger partial charge in [-0.15, -0.1) is 0 Å². The maximum atomic E-state index is 6.25. The number of benzene rings is 1. The molecular weight excluding hydrogens is 246 g/mol. The quantitative estimate of drug-likeness (QED) is 0.767. The molecule has 1 N–H and O–H groups in total. The van der Waals surface area contributed by atoms with Crippen molar-refractivity contribution in [2.45, 2.75) is 59.4 Å². The second kappa shape index (κ2) is 6.94. The van der Waals surface area contributed by atoms with Crippen LogP contribution in [-0.4, -0.2) is 6.54 Å². The fourth-order valence-electron chi connectivity index (χ4n) is 2.75. The molecule has 1 heterocycles. The van der Waals surface area contributed by atoms with Crippen LogP contribution in [-0.2, 0) is 13.0 Å². The van der Waals surface area contributed by atoms with E-state index in [0.29, 0.717) is 5.92 Å². The number of nitrogens with one attached hydrogen (secondary N) is 1. The van der Waals surface area contributed by atoms with E-state index in [1.165, 1.54) is 16.5 Å². The summed E-state index contributed by atoms with van der Waals surface area (Å²) in [6.07, 6.45) is 3.39. The highest BCUT2D eigenvalue weighted by atomic mass is 16.3. The number of rotatable bonds is 7. The molecule has 1 aromatic heterocycles. The van der Waals surface area contributed by atoms with E-state index >= 15 is 0 Å². The van der Waals surface area contributed by atoms with Crippen molar-refractivity contribution >= 4 is 11.0 Å². The van der Waals surface area contributed by atoms with Gasteiger partial charge in [0.2, 0.25) is 0 Å². The summed E-state index contributed by atoms with van der Waals surface area (Å²) >= 11 is 0. The molecule has 0 saturated carbocycles. The van der Waals surface area contributed by atoms with Gasteiger partial charge in [-0.25, -0.2) is 0 Å². The van der Waals surface area contributed by atoms with E-state index in [0.717, 1.165) is 43.7 Å². The zero-order chi connectivity index (χ0) is 14.5. The summed E-state index contributed by atoms with van der Waals surface area (Å²) in [6.45, 7) is 10.7. The van der Waals surface area contributed by atoms with E-state index in [1.807, 2.05) is 0 Å². The monoisotopic (exact) mass is 273 g/mol. The van der Waals surface area contributed by atoms with Crippen LogP contribution in [0.5, 0.6) is 0 Å². The highest BCUT2D eigenvalue weighted by Gasteiger charge is 2.17. The van der Waals surface area contributed by atoms with Gasteiger partial charge in [-0.2, -0.15) is 0 Å². The summed E-state index contributed by atoms with van der Waals surface area (Å²) in [5.41, 5.74) is 3.86. The van der Waals surface area contributed by atoms with E-state index < -0.39 is 0 Å². The van der Waals surface area contributed by atoms with E-state index in [9.17, 15) is 0 Å². The van der Waals surface area contributed by atoms with Crippen molar-refractivity contribution < 1.29 is 4.42 Å². The van der Waals surface area contributed by atoms with Crippen LogP contribution in [0.1, 0.15) is 63.3 Å². The molecule has 0 fully saturated rings. The van der Waals surface area contributed by atoms with Crippen LogP contribution < -0.4 is 5.32 Å². The van der Waals surface area contributed by atoms with Crippen LogP contribution >= 0.6 is 0 Å². The third-order valence-electron chi connectivity index (χ3n) is 4.11. The predicted octanol–water partition coefficient (Wildman–Crippen LogP) is 5.01. The SMILES string of the molecule is CCCc1c(CNCC)oc2c(C(C)CC)cccc12. The minimum atomic E-state index is 0.548. The van der Waals surface area contributed by atoms with Crippen molar-refractivity contribution in [2.24, 2.45) is 0 Å². The molecule has 2 aromatic rings. The minimum absolute atomic E-state index is 0.548. The first-order valence-electron chi connectivity index (χ1n) is 7.96. The van der Waals surface area contributed by atoms with E-state index in [-0.39, 0.29) is 0 Å². The number of aryl methyl sites for hydroxylation is 1. The topological polar surface area (TPSA) is 25.2 Å². The molecule has 0 amide bonds. The number of furan rings is 1. The Morgan fingerprint density at radius 2 is 2.00 bits per heavy atom. The van der Waals surface area contributed by atoms with Crippen LogP contribution in [0.15, 0.2) is 22.6 Å². The molecule has 0 spiro atoms. The Hall–Kier alpha value is -1.28. The standard InChI is InChI=1S/C18H27NO/c1-5-9-15-16-11-8-10-14(13(4)6-2)18(16)20-17(15)12-19-7-3/h8,10-11,13,19H,5-7,9,12H2,1-4H3. The summed E-state index contributed by atoms with van der Waals surface area (Å²) in [5, 5.41) is 4.71. The summed E-state index contributed by atoms with van der Waals surface area (Å²) in [6, 6.07) is 6.60. The average Bonchev–Trinajstić information content (AvgIpc) is 2.82. The molecule has 110 valence electrons. The maximum absolute atomic E-state index is 6.25. The van der Waals surface area contributed by atoms with Crippen LogP contribution in [0.2, 0.25) is 0 Å². The van der Waals surface area contributed by atoms with Crippen LogP contribution in [0, 0.1) is 0 Å². The van der Waals surface area contributed by atoms with Crippen molar-refractivity contribution in [3.63, 3.8) is 0 Å². The van der Waals surface area contributed by atoms with E-state index in [2.05, 4.69) is 51.2 Å². The Kier molecular flexibility index (Phi) is 5.24. The Balaban J connectivity index is 2.53. The second-order valence-corrected chi connectivity index (χ2v) is 5.57. The molecule has 0 aliphatic heterocycles. The minimum Gasteiger partial charge on any atom is -0.459 e. The van der Waals surface area contributed by atoms with Crippen LogP contribution in [0.3, 0.4) is 0 Å². The van der Waals surface area contributed by atoms with Crippen LogP contribution in [0.25, 0.3) is 11.0 Å². The molecule has 20 heavy (non-hydrogen) atoms. The van der Waals surface area contributed by atoms with Crippen molar-refractivity contribution in [1.29, 1.82) is 0 Å². The smallest absolute Gasteiger partial charge is 0.138 e. The Labute approximate surface area is 122 Å². The van der Waals surface area contributed by atoms with Gasteiger partial charge in [0.15, 0.2) is 0 Å². The molecule has 1 aromatic carbocycles. The summed E-state index contributed by atoms with van der Waals surface area (Å²) < 4.78 is 6.25. The first kappa shape index (κ1) is 15.1. The zero-order valence-electron chi connectivity index (χ0n) is 13.3. The van der Waals surface area contributed by atoms with Gasteiger partial charge < -0.3 is 9.73 Å². The average molecular weight is 273 g/mol. The molecule has 1 atom stereocenters. The van der Waals surface area contributed by atoms with E-state index in [1.54, 1.807) is 0 Å². The number of hydrogen-bond donors (Lipinski definition) is 1. The third-order valence-corrected chi connectivity index (χ3v) is 4.11. The molecule has 1 unspecified atom stereocenters. The molecule has 2 rings (SSSR count). The van der Waals surface area contributed by atoms with Crippen molar-refractivity contribution in [1.82, 2.24) is 5.32 Å². The fraction of sp³-hybridized carbons (Fsp3) is 0.556. The van der Waals surface area contributed by atoms with Crippen LogP contribution in [0.4, 0.5) is 0 Å². The predicted molar refractivity (Wildman–Crippen MR) is 86.3 cm³/mol. The molecule has 0 aliphatic carbocycles. The van der Waals surface area contributed by atoms with Gasteiger partial charge in [0.05, 0.1) is 6.54 Å². The van der Waals surface area contributed by atoms with Crippen molar-refractivity contribution in [3.05, 3.63) is 35.1 Å². The van der Waals surface area contributed by atoms with Gasteiger partial charge in [-0.1, -0.05) is 52.3 Å². The Morgan fingerprint density at radius 3 is 2.65 bits per heavy atom. The third kappa shape index (κ3) is 2.90. The maximum Gasteiger partial charge on any atom is 0.138 e. The van der Waals surface area contributed by atoms with Gasteiger partial charge in [-0.3, -0.25) is 0 Å². The van der Waals surface area contributed by atoms with Gasteiger partial charge in [0, 0.05) is 10.9 Å². The number of para-hydroxylation sites is 1. The molecule has 2 nitrogen and oxygen atoms in total. The largest absolute Gasteiger partial charge is 0.459 e. The number of fused-ring (bicyclic) bond motifs is 1. The van der Waals surface area contributed by atoms with Crippen molar-refractivity contribution in [2.75, 3.05) is 6.54 Å². The second-order valence-electron chi connectivity index (χ2n) is 5.57. The molecular formula is C18H27NO. The Morgan fingerprint density at radius 1 is 1.20 bits per heavy atom. The first-order chi connectivity index (χ1) is 9.72. The molecule has 2 heteroatoms.